The summed E-state index contributed by atoms with van der Waals surface area (Å²) in [5.41, 5.74) is -0.933. The lowest BCUT2D eigenvalue weighted by Crippen LogP contribution is -2.48. The normalized spacial score (nSPS) is 29.1. The third-order valence-electron chi connectivity index (χ3n) is 5.41. The van der Waals surface area contributed by atoms with E-state index in [2.05, 4.69) is 0 Å². The summed E-state index contributed by atoms with van der Waals surface area (Å²) in [5, 5.41) is 10.5. The molecule has 24 heavy (non-hydrogen) atoms. The molecule has 0 radical (unpaired) electrons. The van der Waals surface area contributed by atoms with Crippen LogP contribution in [0.2, 0.25) is 10.0 Å². The van der Waals surface area contributed by atoms with Crippen molar-refractivity contribution in [2.75, 3.05) is 0 Å². The predicted molar refractivity (Wildman–Crippen MR) is 91.3 cm³/mol. The third kappa shape index (κ3) is 3.40. The van der Waals surface area contributed by atoms with Crippen molar-refractivity contribution in [3.05, 3.63) is 33.8 Å². The number of halogens is 2. The molecular weight excluding hydrogens is 351 g/mol. The number of carbonyl (C=O) groups excluding carboxylic acids is 1. The van der Waals surface area contributed by atoms with E-state index in [1.54, 1.807) is 18.2 Å². The molecule has 1 N–H and O–H groups in total. The van der Waals surface area contributed by atoms with Gasteiger partial charge in [0.2, 0.25) is 5.60 Å². The van der Waals surface area contributed by atoms with Crippen LogP contribution < -0.4 is 0 Å². The fourth-order valence-corrected chi connectivity index (χ4v) is 4.67. The van der Waals surface area contributed by atoms with E-state index in [0.29, 0.717) is 40.3 Å². The van der Waals surface area contributed by atoms with E-state index in [4.69, 9.17) is 27.9 Å². The molecule has 1 aromatic rings. The van der Waals surface area contributed by atoms with Crippen molar-refractivity contribution in [3.8, 4) is 0 Å². The molecule has 4 nitrogen and oxygen atoms in total. The maximum atomic E-state index is 12.4. The first-order valence-electron chi connectivity index (χ1n) is 8.29. The van der Waals surface area contributed by atoms with Crippen molar-refractivity contribution in [2.24, 2.45) is 11.8 Å². The maximum Gasteiger partial charge on any atom is 0.348 e. The van der Waals surface area contributed by atoms with Crippen molar-refractivity contribution in [3.63, 3.8) is 0 Å². The molecule has 0 spiro atoms. The van der Waals surface area contributed by atoms with Crippen LogP contribution in [0.5, 0.6) is 0 Å². The van der Waals surface area contributed by atoms with Gasteiger partial charge in [-0.1, -0.05) is 48.5 Å². The lowest BCUT2D eigenvalue weighted by Gasteiger charge is -2.38. The maximum absolute atomic E-state index is 12.4. The number of aliphatic carboxylic acids is 1. The molecule has 0 bridgehead atoms. The largest absolute Gasteiger partial charge is 0.478 e. The number of carboxylic acids is 1. The zero-order valence-electron chi connectivity index (χ0n) is 13.3. The van der Waals surface area contributed by atoms with Gasteiger partial charge in [0, 0.05) is 22.0 Å². The van der Waals surface area contributed by atoms with Gasteiger partial charge in [0.1, 0.15) is 0 Å². The number of ether oxygens (including phenoxy) is 1. The lowest BCUT2D eigenvalue weighted by atomic mass is 9.73. The summed E-state index contributed by atoms with van der Waals surface area (Å²) in [5.74, 6) is -0.726. The van der Waals surface area contributed by atoms with E-state index in [1.807, 2.05) is 0 Å². The Balaban J connectivity index is 1.74. The number of carboxylic acid groups (broad SMARTS) is 1. The zero-order chi connectivity index (χ0) is 17.3. The van der Waals surface area contributed by atoms with Crippen LogP contribution in [0.15, 0.2) is 18.2 Å². The van der Waals surface area contributed by atoms with Gasteiger partial charge in [0.15, 0.2) is 0 Å². The van der Waals surface area contributed by atoms with Gasteiger partial charge >= 0.3 is 11.9 Å². The molecule has 3 atom stereocenters. The molecule has 2 fully saturated rings. The predicted octanol–water partition coefficient (Wildman–Crippen LogP) is 4.50. The number of carbonyl (C=O) groups is 2. The number of esters is 1. The molecule has 130 valence electrons. The van der Waals surface area contributed by atoms with Crippen LogP contribution in [0, 0.1) is 11.8 Å². The Bertz CT molecular complexity index is 640. The smallest absolute Gasteiger partial charge is 0.348 e. The zero-order valence-corrected chi connectivity index (χ0v) is 14.8. The van der Waals surface area contributed by atoms with E-state index < -0.39 is 17.5 Å². The van der Waals surface area contributed by atoms with Gasteiger partial charge in [-0.05, 0) is 36.8 Å². The topological polar surface area (TPSA) is 63.6 Å². The van der Waals surface area contributed by atoms with Gasteiger partial charge in [0.05, 0.1) is 6.42 Å². The minimum absolute atomic E-state index is 0.123. The second kappa shape index (κ2) is 6.93. The molecule has 0 aliphatic heterocycles. The van der Waals surface area contributed by atoms with Crippen LogP contribution in [-0.2, 0) is 20.7 Å². The fraction of sp³-hybridized carbons (Fsp3) is 0.556. The molecular formula is C18H20Cl2O4. The average Bonchev–Trinajstić information content (AvgIpc) is 2.98. The Kier molecular flexibility index (Phi) is 5.07. The first kappa shape index (κ1) is 17.6. The molecule has 0 aromatic heterocycles. The summed E-state index contributed by atoms with van der Waals surface area (Å²) in [7, 11) is 0. The van der Waals surface area contributed by atoms with E-state index in [-0.39, 0.29) is 6.42 Å². The van der Waals surface area contributed by atoms with E-state index in [9.17, 15) is 14.7 Å². The van der Waals surface area contributed by atoms with Gasteiger partial charge in [-0.3, -0.25) is 4.79 Å². The monoisotopic (exact) mass is 370 g/mol. The highest BCUT2D eigenvalue weighted by molar-refractivity contribution is 6.36. The second-order valence-electron chi connectivity index (χ2n) is 6.84. The molecule has 3 unspecified atom stereocenters. The van der Waals surface area contributed by atoms with Crippen LogP contribution in [-0.4, -0.2) is 22.6 Å². The SMILES string of the molecule is O=C(Cc1c(Cl)cccc1Cl)OC1(C(=O)O)CCC2CCCC2C1. The fourth-order valence-electron chi connectivity index (χ4n) is 4.14. The Morgan fingerprint density at radius 2 is 1.83 bits per heavy atom. The second-order valence-corrected chi connectivity index (χ2v) is 7.66. The van der Waals surface area contributed by atoms with Crippen molar-refractivity contribution in [2.45, 2.75) is 50.5 Å². The van der Waals surface area contributed by atoms with Gasteiger partial charge < -0.3 is 9.84 Å². The minimum atomic E-state index is -1.41. The highest BCUT2D eigenvalue weighted by Crippen LogP contribution is 2.47. The van der Waals surface area contributed by atoms with Gasteiger partial charge in [-0.25, -0.2) is 4.79 Å². The minimum Gasteiger partial charge on any atom is -0.478 e. The van der Waals surface area contributed by atoms with Crippen molar-refractivity contribution >= 4 is 35.1 Å². The first-order valence-corrected chi connectivity index (χ1v) is 9.05. The molecule has 2 aliphatic rings. The molecule has 2 saturated carbocycles. The number of hydrogen-bond acceptors (Lipinski definition) is 3. The summed E-state index contributed by atoms with van der Waals surface area (Å²) in [6.07, 6.45) is 4.78. The van der Waals surface area contributed by atoms with Crippen molar-refractivity contribution in [1.82, 2.24) is 0 Å². The van der Waals surface area contributed by atoms with Crippen molar-refractivity contribution in [1.29, 1.82) is 0 Å². The Hall–Kier alpha value is -1.26. The molecule has 3 rings (SSSR count). The quantitative estimate of drug-likeness (QED) is 0.792. The molecule has 0 amide bonds. The summed E-state index contributed by atoms with van der Waals surface area (Å²) in [4.78, 5) is 24.2. The van der Waals surface area contributed by atoms with E-state index in [0.717, 1.165) is 25.7 Å². The molecule has 0 heterocycles. The average molecular weight is 371 g/mol. The van der Waals surface area contributed by atoms with E-state index in [1.165, 1.54) is 0 Å². The lowest BCUT2D eigenvalue weighted by molar-refractivity contribution is -0.185. The molecule has 6 heteroatoms. The number of rotatable bonds is 4. The van der Waals surface area contributed by atoms with E-state index >= 15 is 0 Å². The number of fused-ring (bicyclic) bond motifs is 1. The Morgan fingerprint density at radius 1 is 1.17 bits per heavy atom. The number of hydrogen-bond donors (Lipinski definition) is 1. The van der Waals surface area contributed by atoms with Crippen LogP contribution in [0.3, 0.4) is 0 Å². The van der Waals surface area contributed by atoms with Crippen LogP contribution >= 0.6 is 23.2 Å². The van der Waals surface area contributed by atoms with Crippen molar-refractivity contribution < 1.29 is 19.4 Å². The first-order chi connectivity index (χ1) is 11.4. The summed E-state index contributed by atoms with van der Waals surface area (Å²) in [6.45, 7) is 0. The van der Waals surface area contributed by atoms with Crippen LogP contribution in [0.4, 0.5) is 0 Å². The highest BCUT2D eigenvalue weighted by atomic mass is 35.5. The summed E-state index contributed by atoms with van der Waals surface area (Å²) >= 11 is 12.2. The third-order valence-corrected chi connectivity index (χ3v) is 6.12. The standard InChI is InChI=1S/C18H20Cl2O4/c19-14-5-2-6-15(20)13(14)9-16(21)24-18(17(22)23)8-7-11-3-1-4-12(11)10-18/h2,5-6,11-12H,1,3-4,7-10H2,(H,22,23). The Morgan fingerprint density at radius 3 is 2.50 bits per heavy atom. The van der Waals surface area contributed by atoms with Crippen LogP contribution in [0.1, 0.15) is 44.1 Å². The van der Waals surface area contributed by atoms with Gasteiger partial charge in [-0.2, -0.15) is 0 Å². The summed E-state index contributed by atoms with van der Waals surface area (Å²) in [6, 6.07) is 4.99. The Labute approximate surface area is 151 Å². The molecule has 1 aromatic carbocycles. The highest BCUT2D eigenvalue weighted by Gasteiger charge is 2.50. The summed E-state index contributed by atoms with van der Waals surface area (Å²) < 4.78 is 5.51. The van der Waals surface area contributed by atoms with Gasteiger partial charge in [-0.15, -0.1) is 0 Å². The van der Waals surface area contributed by atoms with Crippen LogP contribution in [0.25, 0.3) is 0 Å². The molecule has 2 aliphatic carbocycles. The van der Waals surface area contributed by atoms with Gasteiger partial charge in [0.25, 0.3) is 0 Å². The number of benzene rings is 1. The molecule has 0 saturated heterocycles.